The van der Waals surface area contributed by atoms with Crippen molar-refractivity contribution >= 4 is 15.5 Å². The Hall–Kier alpha value is -2.80. The number of aromatic nitrogens is 4. The van der Waals surface area contributed by atoms with Gasteiger partial charge in [0.1, 0.15) is 24.7 Å². The number of nitrogens with one attached hydrogen (secondary N) is 2. The summed E-state index contributed by atoms with van der Waals surface area (Å²) in [6.07, 6.45) is 2.29. The number of sulfonamides is 1. The summed E-state index contributed by atoms with van der Waals surface area (Å²) in [5.74, 6) is 1.39. The van der Waals surface area contributed by atoms with Crippen LogP contribution < -0.4 is 15.7 Å². The molecule has 12 heteroatoms. The highest BCUT2D eigenvalue weighted by atomic mass is 32.2. The number of benzene rings is 1. The summed E-state index contributed by atoms with van der Waals surface area (Å²) in [6.45, 7) is 8.38. The molecular weight excluding hydrogens is 482 g/mol. The summed E-state index contributed by atoms with van der Waals surface area (Å²) in [7, 11) is 0.173. The number of hydrogen-bond acceptors (Lipinski definition) is 7. The quantitative estimate of drug-likeness (QED) is 0.414. The van der Waals surface area contributed by atoms with Crippen molar-refractivity contribution in [3.05, 3.63) is 40.1 Å². The van der Waals surface area contributed by atoms with Crippen LogP contribution in [0.25, 0.3) is 16.9 Å². The maximum absolute atomic E-state index is 13.6. The monoisotopic (exact) mass is 518 g/mol. The van der Waals surface area contributed by atoms with E-state index in [2.05, 4.69) is 20.5 Å². The van der Waals surface area contributed by atoms with E-state index in [0.717, 1.165) is 12.8 Å². The zero-order valence-corrected chi connectivity index (χ0v) is 22.5. The number of piperazine rings is 1. The second kappa shape index (κ2) is 10.3. The molecule has 1 aliphatic rings. The van der Waals surface area contributed by atoms with Crippen molar-refractivity contribution in [2.45, 2.75) is 44.9 Å². The second-order valence-electron chi connectivity index (χ2n) is 9.40. The van der Waals surface area contributed by atoms with Crippen LogP contribution in [-0.4, -0.2) is 83.8 Å². The highest BCUT2D eigenvalue weighted by molar-refractivity contribution is 7.89. The van der Waals surface area contributed by atoms with E-state index in [-0.39, 0.29) is 16.3 Å². The molecule has 0 aliphatic carbocycles. The topological polar surface area (TPSA) is 122 Å². The summed E-state index contributed by atoms with van der Waals surface area (Å²) in [6, 6.07) is 4.76. The van der Waals surface area contributed by atoms with E-state index < -0.39 is 10.0 Å². The highest BCUT2D eigenvalue weighted by Crippen LogP contribution is 2.32. The van der Waals surface area contributed by atoms with E-state index in [1.54, 1.807) is 29.6 Å². The van der Waals surface area contributed by atoms with Crippen LogP contribution in [0.1, 0.15) is 38.2 Å². The van der Waals surface area contributed by atoms with Crippen molar-refractivity contribution in [1.82, 2.24) is 29.3 Å². The number of H-pyrrole nitrogens is 1. The Labute approximate surface area is 211 Å². The summed E-state index contributed by atoms with van der Waals surface area (Å²) in [5, 5.41) is 4.68. The van der Waals surface area contributed by atoms with Crippen LogP contribution >= 0.6 is 0 Å². The van der Waals surface area contributed by atoms with Crippen LogP contribution in [0.3, 0.4) is 0 Å². The van der Waals surface area contributed by atoms with E-state index in [0.29, 0.717) is 72.1 Å². The molecule has 1 aliphatic heterocycles. The number of rotatable bonds is 9. The van der Waals surface area contributed by atoms with Gasteiger partial charge in [-0.05, 0) is 38.0 Å². The first kappa shape index (κ1) is 26.3. The largest absolute Gasteiger partial charge is 0.493 e. The Morgan fingerprint density at radius 1 is 1.19 bits per heavy atom. The molecule has 0 atom stereocenters. The molecular formula is C24H36N7O4S+. The Morgan fingerprint density at radius 2 is 1.92 bits per heavy atom. The van der Waals surface area contributed by atoms with E-state index in [4.69, 9.17) is 4.74 Å². The van der Waals surface area contributed by atoms with Gasteiger partial charge in [0.05, 0.1) is 42.9 Å². The first-order chi connectivity index (χ1) is 17.1. The number of hydrogen-bond donors (Lipinski definition) is 2. The molecule has 1 fully saturated rings. The normalized spacial score (nSPS) is 16.5. The van der Waals surface area contributed by atoms with Gasteiger partial charge in [-0.1, -0.05) is 13.8 Å². The molecule has 0 spiro atoms. The van der Waals surface area contributed by atoms with Gasteiger partial charge < -0.3 is 9.72 Å². The number of nitrogens with zero attached hydrogens (tertiary/aromatic N) is 5. The molecule has 0 bridgehead atoms. The van der Waals surface area contributed by atoms with Crippen molar-refractivity contribution in [3.8, 4) is 17.1 Å². The van der Waals surface area contributed by atoms with Crippen LogP contribution in [-0.2, 0) is 16.4 Å². The Balaban J connectivity index is 1.81. The molecule has 0 radical (unpaired) electrons. The van der Waals surface area contributed by atoms with Crippen molar-refractivity contribution in [3.63, 3.8) is 0 Å². The van der Waals surface area contributed by atoms with Crippen LogP contribution in [0.5, 0.6) is 5.75 Å². The van der Waals surface area contributed by atoms with Gasteiger partial charge in [0.15, 0.2) is 11.3 Å². The van der Waals surface area contributed by atoms with Gasteiger partial charge in [0, 0.05) is 13.5 Å². The lowest BCUT2D eigenvalue weighted by Gasteiger charge is -2.39. The minimum absolute atomic E-state index is 0.139. The molecule has 2 aromatic heterocycles. The first-order valence-electron chi connectivity index (χ1n) is 12.4. The number of likely N-dealkylation sites (N-methyl/N-ethyl adjacent to an activating group) is 1. The molecule has 2 N–H and O–H groups in total. The molecule has 0 amide bonds. The fraction of sp³-hybridized carbons (Fsp3) is 0.542. The molecule has 0 unspecified atom stereocenters. The fourth-order valence-corrected chi connectivity index (χ4v) is 5.89. The van der Waals surface area contributed by atoms with Gasteiger partial charge in [-0.25, -0.2) is 22.5 Å². The second-order valence-corrected chi connectivity index (χ2v) is 11.3. The maximum atomic E-state index is 13.6. The molecule has 3 aromatic rings. The third kappa shape index (κ3) is 4.90. The lowest BCUT2D eigenvalue weighted by Crippen LogP contribution is -2.63. The minimum atomic E-state index is -3.75. The van der Waals surface area contributed by atoms with Crippen molar-refractivity contribution < 1.29 is 17.7 Å². The summed E-state index contributed by atoms with van der Waals surface area (Å²) >= 11 is 0. The van der Waals surface area contributed by atoms with Gasteiger partial charge in [-0.3, -0.25) is 4.79 Å². The SMILES string of the molecule is CCCOc1ccc(S(=O)(=O)N2CC[N+](C)(NC)CC2)cc1-c1nn2c(CCC)nc(C)c2c(=O)[nH]1. The average molecular weight is 519 g/mol. The predicted molar refractivity (Wildman–Crippen MR) is 137 cm³/mol. The smallest absolute Gasteiger partial charge is 0.277 e. The van der Waals surface area contributed by atoms with Crippen LogP contribution in [0.4, 0.5) is 0 Å². The standard InChI is InChI=1S/C24H35N7O4S/c1-6-8-21-26-17(3)22-24(32)27-23(28-30(21)22)19-16-18(9-10-20(19)35-15-7-2)36(33,34)29-11-13-31(5,25-4)14-12-29/h9-10,16,25H,6-8,11-15H2,1-5H3/p+1. The molecule has 1 aromatic carbocycles. The van der Waals surface area contributed by atoms with Gasteiger partial charge in [-0.2, -0.15) is 9.73 Å². The molecule has 0 saturated carbocycles. The number of fused-ring (bicyclic) bond motifs is 1. The Kier molecular flexibility index (Phi) is 7.51. The molecule has 4 rings (SSSR count). The highest BCUT2D eigenvalue weighted by Gasteiger charge is 2.35. The van der Waals surface area contributed by atoms with Crippen molar-refractivity contribution in [2.24, 2.45) is 0 Å². The summed E-state index contributed by atoms with van der Waals surface area (Å²) in [4.78, 5) is 20.5. The van der Waals surface area contributed by atoms with E-state index in [9.17, 15) is 13.2 Å². The van der Waals surface area contributed by atoms with Crippen molar-refractivity contribution in [1.29, 1.82) is 0 Å². The number of aromatic amines is 1. The third-order valence-corrected chi connectivity index (χ3v) is 8.64. The third-order valence-electron chi connectivity index (χ3n) is 6.75. The van der Waals surface area contributed by atoms with Crippen LogP contribution in [0, 0.1) is 6.92 Å². The molecule has 196 valence electrons. The molecule has 36 heavy (non-hydrogen) atoms. The number of ether oxygens (including phenoxy) is 1. The predicted octanol–water partition coefficient (Wildman–Crippen LogP) is 1.72. The lowest BCUT2D eigenvalue weighted by molar-refractivity contribution is -0.952. The zero-order valence-electron chi connectivity index (χ0n) is 21.7. The summed E-state index contributed by atoms with van der Waals surface area (Å²) < 4.78 is 36.7. The minimum Gasteiger partial charge on any atom is -0.493 e. The first-order valence-corrected chi connectivity index (χ1v) is 13.9. The number of aryl methyl sites for hydroxylation is 2. The summed E-state index contributed by atoms with van der Waals surface area (Å²) in [5.41, 5.74) is 4.32. The van der Waals surface area contributed by atoms with Gasteiger partial charge in [0.25, 0.3) is 5.56 Å². The lowest BCUT2D eigenvalue weighted by atomic mass is 10.2. The van der Waals surface area contributed by atoms with Crippen molar-refractivity contribution in [2.75, 3.05) is 46.9 Å². The van der Waals surface area contributed by atoms with E-state index >= 15 is 0 Å². The van der Waals surface area contributed by atoms with E-state index in [1.807, 2.05) is 27.9 Å². The number of quaternary nitrogens is 1. The number of imidazole rings is 1. The van der Waals surface area contributed by atoms with Crippen LogP contribution in [0.15, 0.2) is 27.9 Å². The Morgan fingerprint density at radius 3 is 2.56 bits per heavy atom. The van der Waals surface area contributed by atoms with E-state index in [1.165, 1.54) is 4.31 Å². The fourth-order valence-electron chi connectivity index (χ4n) is 4.44. The molecule has 11 nitrogen and oxygen atoms in total. The Bertz CT molecular complexity index is 1410. The van der Waals surface area contributed by atoms with Gasteiger partial charge in [0.2, 0.25) is 10.0 Å². The van der Waals surface area contributed by atoms with Gasteiger partial charge >= 0.3 is 0 Å². The average Bonchev–Trinajstić information content (AvgIpc) is 3.18. The maximum Gasteiger partial charge on any atom is 0.277 e. The van der Waals surface area contributed by atoms with Gasteiger partial charge in [-0.15, -0.1) is 5.10 Å². The molecule has 3 heterocycles. The zero-order chi connectivity index (χ0) is 26.1. The van der Waals surface area contributed by atoms with Crippen LogP contribution in [0.2, 0.25) is 0 Å². The molecule has 1 saturated heterocycles.